The number of aromatic nitrogens is 1. The Balaban J connectivity index is 1.97. The summed E-state index contributed by atoms with van der Waals surface area (Å²) in [4.78, 5) is 23.0. The normalized spacial score (nSPS) is 10.2. The molecule has 2 aromatic rings. The molecule has 1 heterocycles. The van der Waals surface area contributed by atoms with Crippen molar-refractivity contribution in [2.45, 2.75) is 13.3 Å². The Morgan fingerprint density at radius 1 is 1.16 bits per heavy atom. The number of aryl methyl sites for hydroxylation is 1. The van der Waals surface area contributed by atoms with Gasteiger partial charge in [-0.2, -0.15) is 0 Å². The quantitative estimate of drug-likeness (QED) is 0.854. The van der Waals surface area contributed by atoms with E-state index in [9.17, 15) is 9.59 Å². The van der Waals surface area contributed by atoms with Crippen LogP contribution in [0.4, 0.5) is 5.69 Å². The van der Waals surface area contributed by atoms with Crippen LogP contribution in [-0.4, -0.2) is 16.3 Å². The van der Waals surface area contributed by atoms with Gasteiger partial charge in [-0.25, -0.2) is 0 Å². The zero-order chi connectivity index (χ0) is 13.8. The highest BCUT2D eigenvalue weighted by molar-refractivity contribution is 5.96. The smallest absolute Gasteiger partial charge is 0.228 e. The number of nitrogens with one attached hydrogen (secondary N) is 1. The Kier molecular flexibility index (Phi) is 3.80. The molecule has 19 heavy (non-hydrogen) atoms. The molecule has 0 radical (unpaired) electrons. The predicted molar refractivity (Wildman–Crippen MR) is 74.2 cm³/mol. The second kappa shape index (κ2) is 5.52. The van der Waals surface area contributed by atoms with Crippen LogP contribution in [0.25, 0.3) is 0 Å². The maximum Gasteiger partial charge on any atom is 0.228 e. The molecule has 0 saturated heterocycles. The SMILES string of the molecule is CC(=O)c1ccc(NC(=O)Cc2ccn(C)c2)cc1. The summed E-state index contributed by atoms with van der Waals surface area (Å²) in [7, 11) is 1.92. The molecule has 1 N–H and O–H groups in total. The number of nitrogens with zero attached hydrogens (tertiary/aromatic N) is 1. The summed E-state index contributed by atoms with van der Waals surface area (Å²) in [5.41, 5.74) is 2.31. The molecule has 1 aromatic carbocycles. The van der Waals surface area contributed by atoms with Crippen molar-refractivity contribution in [1.82, 2.24) is 4.57 Å². The van der Waals surface area contributed by atoms with Gasteiger partial charge in [-0.3, -0.25) is 9.59 Å². The van der Waals surface area contributed by atoms with Crippen molar-refractivity contribution >= 4 is 17.4 Å². The van der Waals surface area contributed by atoms with Crippen LogP contribution in [0.3, 0.4) is 0 Å². The molecule has 4 nitrogen and oxygen atoms in total. The van der Waals surface area contributed by atoms with Crippen LogP contribution in [0, 0.1) is 0 Å². The lowest BCUT2D eigenvalue weighted by atomic mass is 10.1. The van der Waals surface area contributed by atoms with Crippen LogP contribution >= 0.6 is 0 Å². The second-order valence-electron chi connectivity index (χ2n) is 4.54. The third kappa shape index (κ3) is 3.55. The van der Waals surface area contributed by atoms with E-state index in [0.29, 0.717) is 17.7 Å². The minimum Gasteiger partial charge on any atom is -0.357 e. The van der Waals surface area contributed by atoms with Crippen molar-refractivity contribution in [1.29, 1.82) is 0 Å². The number of Topliss-reactive ketones (excluding diaryl/α,β-unsaturated/α-hetero) is 1. The number of hydrogen-bond acceptors (Lipinski definition) is 2. The summed E-state index contributed by atoms with van der Waals surface area (Å²) in [5.74, 6) is -0.0519. The molecular weight excluding hydrogens is 240 g/mol. The van der Waals surface area contributed by atoms with Crippen molar-refractivity contribution in [3.63, 3.8) is 0 Å². The molecule has 0 atom stereocenters. The minimum atomic E-state index is -0.0678. The zero-order valence-corrected chi connectivity index (χ0v) is 11.0. The maximum absolute atomic E-state index is 11.8. The van der Waals surface area contributed by atoms with Gasteiger partial charge in [-0.1, -0.05) is 0 Å². The van der Waals surface area contributed by atoms with Crippen LogP contribution < -0.4 is 5.32 Å². The highest BCUT2D eigenvalue weighted by Gasteiger charge is 2.05. The van der Waals surface area contributed by atoms with E-state index < -0.39 is 0 Å². The van der Waals surface area contributed by atoms with Gasteiger partial charge >= 0.3 is 0 Å². The predicted octanol–water partition coefficient (Wildman–Crippen LogP) is 2.41. The number of amides is 1. The average molecular weight is 256 g/mol. The number of benzene rings is 1. The molecule has 1 aromatic heterocycles. The summed E-state index contributed by atoms with van der Waals surface area (Å²) in [6.07, 6.45) is 4.16. The molecule has 0 aliphatic heterocycles. The van der Waals surface area contributed by atoms with Gasteiger partial charge in [0.15, 0.2) is 5.78 Å². The van der Waals surface area contributed by atoms with Crippen molar-refractivity contribution in [2.75, 3.05) is 5.32 Å². The Morgan fingerprint density at radius 2 is 1.84 bits per heavy atom. The molecule has 0 saturated carbocycles. The van der Waals surface area contributed by atoms with Gasteiger partial charge in [0.1, 0.15) is 0 Å². The lowest BCUT2D eigenvalue weighted by molar-refractivity contribution is -0.115. The topological polar surface area (TPSA) is 51.1 Å². The zero-order valence-electron chi connectivity index (χ0n) is 11.0. The molecule has 0 spiro atoms. The number of anilines is 1. The summed E-state index contributed by atoms with van der Waals surface area (Å²) in [6, 6.07) is 8.80. The van der Waals surface area contributed by atoms with Crippen LogP contribution in [0.15, 0.2) is 42.7 Å². The second-order valence-corrected chi connectivity index (χ2v) is 4.54. The van der Waals surface area contributed by atoms with E-state index in [1.807, 2.05) is 30.1 Å². The van der Waals surface area contributed by atoms with Crippen LogP contribution in [0.1, 0.15) is 22.8 Å². The molecule has 2 rings (SSSR count). The lowest BCUT2D eigenvalue weighted by Crippen LogP contribution is -2.14. The highest BCUT2D eigenvalue weighted by atomic mass is 16.1. The summed E-state index contributed by atoms with van der Waals surface area (Å²) < 4.78 is 1.91. The van der Waals surface area contributed by atoms with Gasteiger partial charge in [0.2, 0.25) is 5.91 Å². The molecule has 0 aliphatic carbocycles. The number of hydrogen-bond donors (Lipinski definition) is 1. The Hall–Kier alpha value is -2.36. The molecule has 0 bridgehead atoms. The number of carbonyl (C=O) groups excluding carboxylic acids is 2. The van der Waals surface area contributed by atoms with Gasteiger partial charge < -0.3 is 9.88 Å². The van der Waals surface area contributed by atoms with E-state index in [1.54, 1.807) is 24.3 Å². The van der Waals surface area contributed by atoms with Gasteiger partial charge in [0.25, 0.3) is 0 Å². The van der Waals surface area contributed by atoms with E-state index in [4.69, 9.17) is 0 Å². The Morgan fingerprint density at radius 3 is 2.37 bits per heavy atom. The number of ketones is 1. The highest BCUT2D eigenvalue weighted by Crippen LogP contribution is 2.11. The summed E-state index contributed by atoms with van der Waals surface area (Å²) >= 11 is 0. The van der Waals surface area contributed by atoms with Crippen molar-refractivity contribution < 1.29 is 9.59 Å². The summed E-state index contributed by atoms with van der Waals surface area (Å²) in [6.45, 7) is 1.52. The van der Waals surface area contributed by atoms with E-state index in [-0.39, 0.29) is 11.7 Å². The first-order valence-corrected chi connectivity index (χ1v) is 6.06. The maximum atomic E-state index is 11.8. The van der Waals surface area contributed by atoms with Crippen molar-refractivity contribution in [3.05, 3.63) is 53.9 Å². The van der Waals surface area contributed by atoms with Gasteiger partial charge in [0, 0.05) is 30.7 Å². The van der Waals surface area contributed by atoms with Gasteiger partial charge in [-0.05, 0) is 42.8 Å². The van der Waals surface area contributed by atoms with Gasteiger partial charge in [0.05, 0.1) is 6.42 Å². The van der Waals surface area contributed by atoms with Crippen LogP contribution in [-0.2, 0) is 18.3 Å². The fourth-order valence-electron chi connectivity index (χ4n) is 1.84. The third-order valence-corrected chi connectivity index (χ3v) is 2.83. The lowest BCUT2D eigenvalue weighted by Gasteiger charge is -2.05. The molecule has 4 heteroatoms. The summed E-state index contributed by atoms with van der Waals surface area (Å²) in [5, 5.41) is 2.81. The monoisotopic (exact) mass is 256 g/mol. The fraction of sp³-hybridized carbons (Fsp3) is 0.200. The molecule has 0 unspecified atom stereocenters. The third-order valence-electron chi connectivity index (χ3n) is 2.83. The molecule has 0 fully saturated rings. The van der Waals surface area contributed by atoms with Crippen LogP contribution in [0.2, 0.25) is 0 Å². The molecule has 98 valence electrons. The van der Waals surface area contributed by atoms with E-state index in [2.05, 4.69) is 5.32 Å². The van der Waals surface area contributed by atoms with E-state index >= 15 is 0 Å². The minimum absolute atomic E-state index is 0.0159. The van der Waals surface area contributed by atoms with Crippen molar-refractivity contribution in [3.8, 4) is 0 Å². The first-order valence-electron chi connectivity index (χ1n) is 6.06. The van der Waals surface area contributed by atoms with Crippen LogP contribution in [0.5, 0.6) is 0 Å². The molecule has 1 amide bonds. The first kappa shape index (κ1) is 13.1. The van der Waals surface area contributed by atoms with E-state index in [1.165, 1.54) is 6.92 Å². The molecule has 0 aliphatic rings. The largest absolute Gasteiger partial charge is 0.357 e. The first-order chi connectivity index (χ1) is 9.04. The Labute approximate surface area is 112 Å². The van der Waals surface area contributed by atoms with Gasteiger partial charge in [-0.15, -0.1) is 0 Å². The number of rotatable bonds is 4. The average Bonchev–Trinajstić information content (AvgIpc) is 2.75. The standard InChI is InChI=1S/C15H16N2O2/c1-11(18)13-3-5-14(6-4-13)16-15(19)9-12-7-8-17(2)10-12/h3-8,10H,9H2,1-2H3,(H,16,19). The van der Waals surface area contributed by atoms with E-state index in [0.717, 1.165) is 5.56 Å². The fourth-order valence-corrected chi connectivity index (χ4v) is 1.84. The number of carbonyl (C=O) groups is 2. The Bertz CT molecular complexity index is 597. The molecular formula is C15H16N2O2. The van der Waals surface area contributed by atoms with Crippen molar-refractivity contribution in [2.24, 2.45) is 7.05 Å².